The van der Waals surface area contributed by atoms with E-state index in [2.05, 4.69) is 15.6 Å². The second-order valence-corrected chi connectivity index (χ2v) is 6.85. The summed E-state index contributed by atoms with van der Waals surface area (Å²) in [5.41, 5.74) is 4.95. The molecule has 0 aliphatic heterocycles. The number of methoxy groups -OCH3 is 2. The van der Waals surface area contributed by atoms with Gasteiger partial charge in [-0.25, -0.2) is 5.84 Å². The Bertz CT molecular complexity index is 972. The van der Waals surface area contributed by atoms with E-state index in [1.807, 2.05) is 54.0 Å². The molecule has 1 amide bonds. The molecule has 0 saturated carbocycles. The van der Waals surface area contributed by atoms with Crippen molar-refractivity contribution in [2.24, 2.45) is 5.84 Å². The van der Waals surface area contributed by atoms with Crippen LogP contribution in [0.5, 0.6) is 11.5 Å². The van der Waals surface area contributed by atoms with Crippen LogP contribution in [0, 0.1) is 6.92 Å². The van der Waals surface area contributed by atoms with E-state index >= 15 is 0 Å². The van der Waals surface area contributed by atoms with E-state index in [1.54, 1.807) is 14.2 Å². The number of nitrogens with zero attached hydrogens (tertiary/aromatic N) is 3. The van der Waals surface area contributed by atoms with Crippen LogP contribution in [0.15, 0.2) is 47.6 Å². The molecular formula is C19H21N5O3S. The van der Waals surface area contributed by atoms with Gasteiger partial charge in [0.1, 0.15) is 0 Å². The molecule has 0 saturated heterocycles. The van der Waals surface area contributed by atoms with E-state index < -0.39 is 0 Å². The molecule has 8 nitrogen and oxygen atoms in total. The van der Waals surface area contributed by atoms with Gasteiger partial charge in [0.2, 0.25) is 5.91 Å². The summed E-state index contributed by atoms with van der Waals surface area (Å²) in [5, 5.41) is 9.21. The average molecular weight is 399 g/mol. The van der Waals surface area contributed by atoms with Gasteiger partial charge in [-0.05, 0) is 37.3 Å². The first kappa shape index (κ1) is 19.7. The van der Waals surface area contributed by atoms with E-state index in [9.17, 15) is 4.79 Å². The first-order valence-electron chi connectivity index (χ1n) is 8.44. The molecular weight excluding hydrogens is 378 g/mol. The molecule has 0 bridgehead atoms. The van der Waals surface area contributed by atoms with Crippen LogP contribution in [0.3, 0.4) is 0 Å². The second-order valence-electron chi connectivity index (χ2n) is 5.90. The Labute approximate surface area is 167 Å². The number of nitrogens with one attached hydrogen (secondary N) is 1. The number of rotatable bonds is 7. The Hall–Kier alpha value is -3.04. The topological polar surface area (TPSA) is 104 Å². The molecule has 1 aromatic heterocycles. The Morgan fingerprint density at radius 2 is 1.82 bits per heavy atom. The highest BCUT2D eigenvalue weighted by Crippen LogP contribution is 2.34. The smallest absolute Gasteiger partial charge is 0.244 e. The van der Waals surface area contributed by atoms with Crippen molar-refractivity contribution in [3.8, 4) is 28.6 Å². The van der Waals surface area contributed by atoms with Crippen molar-refractivity contribution in [3.63, 3.8) is 0 Å². The molecule has 0 fully saturated rings. The molecule has 0 aliphatic carbocycles. The van der Waals surface area contributed by atoms with Gasteiger partial charge in [-0.3, -0.25) is 14.8 Å². The Morgan fingerprint density at radius 1 is 1.11 bits per heavy atom. The fraction of sp³-hybridized carbons (Fsp3) is 0.211. The summed E-state index contributed by atoms with van der Waals surface area (Å²) in [6, 6.07) is 13.5. The Kier molecular flexibility index (Phi) is 6.17. The second kappa shape index (κ2) is 8.77. The number of thioether (sulfide) groups is 1. The molecule has 2 aromatic carbocycles. The number of hydrogen-bond acceptors (Lipinski definition) is 7. The van der Waals surface area contributed by atoms with Crippen LogP contribution in [0.2, 0.25) is 0 Å². The monoisotopic (exact) mass is 399 g/mol. The van der Waals surface area contributed by atoms with Crippen molar-refractivity contribution in [3.05, 3.63) is 48.0 Å². The fourth-order valence-corrected chi connectivity index (χ4v) is 3.39. The van der Waals surface area contributed by atoms with Crippen molar-refractivity contribution >= 4 is 17.7 Å². The number of benzene rings is 2. The third-order valence-corrected chi connectivity index (χ3v) is 4.99. The van der Waals surface area contributed by atoms with E-state index in [0.717, 1.165) is 16.8 Å². The SMILES string of the molecule is COc1ccc(-c2nnc(SCC(=O)NN)n2-c2ccc(C)cc2)cc1OC. The number of ether oxygens (including phenoxy) is 2. The van der Waals surface area contributed by atoms with Gasteiger partial charge in [0, 0.05) is 11.3 Å². The molecule has 3 rings (SSSR count). The van der Waals surface area contributed by atoms with E-state index in [1.165, 1.54) is 11.8 Å². The molecule has 0 radical (unpaired) electrons. The molecule has 146 valence electrons. The lowest BCUT2D eigenvalue weighted by Crippen LogP contribution is -2.31. The minimum Gasteiger partial charge on any atom is -0.493 e. The zero-order valence-corrected chi connectivity index (χ0v) is 16.6. The molecule has 9 heteroatoms. The van der Waals surface area contributed by atoms with E-state index in [4.69, 9.17) is 15.3 Å². The summed E-state index contributed by atoms with van der Waals surface area (Å²) in [5.74, 6) is 6.86. The minimum atomic E-state index is -0.295. The third kappa shape index (κ3) is 4.10. The van der Waals surface area contributed by atoms with Crippen molar-refractivity contribution < 1.29 is 14.3 Å². The third-order valence-electron chi connectivity index (χ3n) is 4.06. The number of aryl methyl sites for hydroxylation is 1. The molecule has 0 spiro atoms. The summed E-state index contributed by atoms with van der Waals surface area (Å²) in [7, 11) is 3.17. The van der Waals surface area contributed by atoms with Gasteiger partial charge in [0.25, 0.3) is 0 Å². The number of hydrogen-bond donors (Lipinski definition) is 2. The summed E-state index contributed by atoms with van der Waals surface area (Å²) >= 11 is 1.25. The predicted molar refractivity (Wildman–Crippen MR) is 108 cm³/mol. The minimum absolute atomic E-state index is 0.131. The zero-order valence-electron chi connectivity index (χ0n) is 15.8. The Balaban J connectivity index is 2.09. The maximum absolute atomic E-state index is 11.6. The van der Waals surface area contributed by atoms with Gasteiger partial charge in [-0.15, -0.1) is 10.2 Å². The maximum Gasteiger partial charge on any atom is 0.244 e. The van der Waals surface area contributed by atoms with Gasteiger partial charge in [-0.2, -0.15) is 0 Å². The lowest BCUT2D eigenvalue weighted by Gasteiger charge is -2.12. The van der Waals surface area contributed by atoms with Crippen molar-refractivity contribution in [2.75, 3.05) is 20.0 Å². The van der Waals surface area contributed by atoms with Crippen LogP contribution in [-0.2, 0) is 4.79 Å². The summed E-state index contributed by atoms with van der Waals surface area (Å²) in [6.45, 7) is 2.02. The standard InChI is InChI=1S/C19H21N5O3S/c1-12-4-7-14(8-5-12)24-18(22-23-19(24)28-11-17(25)21-20)13-6-9-15(26-2)16(10-13)27-3/h4-10H,11,20H2,1-3H3,(H,21,25). The first-order valence-corrected chi connectivity index (χ1v) is 9.43. The highest BCUT2D eigenvalue weighted by Gasteiger charge is 2.18. The molecule has 1 heterocycles. The number of carbonyl (C=O) groups is 1. The maximum atomic E-state index is 11.6. The highest BCUT2D eigenvalue weighted by atomic mass is 32.2. The number of aromatic nitrogens is 3. The van der Waals surface area contributed by atoms with Crippen LogP contribution >= 0.6 is 11.8 Å². The Morgan fingerprint density at radius 3 is 2.46 bits per heavy atom. The first-order chi connectivity index (χ1) is 13.6. The highest BCUT2D eigenvalue weighted by molar-refractivity contribution is 7.99. The molecule has 0 atom stereocenters. The predicted octanol–water partition coefficient (Wildman–Crippen LogP) is 2.34. The molecule has 3 N–H and O–H groups in total. The van der Waals surface area contributed by atoms with Gasteiger partial charge in [-0.1, -0.05) is 29.5 Å². The van der Waals surface area contributed by atoms with Crippen molar-refractivity contribution in [1.29, 1.82) is 0 Å². The van der Waals surface area contributed by atoms with Crippen LogP contribution < -0.4 is 20.7 Å². The molecule has 3 aromatic rings. The van der Waals surface area contributed by atoms with Gasteiger partial charge < -0.3 is 9.47 Å². The molecule has 0 unspecified atom stereocenters. The summed E-state index contributed by atoms with van der Waals surface area (Å²) < 4.78 is 12.6. The molecule has 0 aliphatic rings. The summed E-state index contributed by atoms with van der Waals surface area (Å²) in [4.78, 5) is 11.6. The molecule has 28 heavy (non-hydrogen) atoms. The summed E-state index contributed by atoms with van der Waals surface area (Å²) in [6.07, 6.45) is 0. The van der Waals surface area contributed by atoms with Crippen molar-refractivity contribution in [2.45, 2.75) is 12.1 Å². The fourth-order valence-electron chi connectivity index (χ4n) is 2.62. The van der Waals surface area contributed by atoms with E-state index in [0.29, 0.717) is 22.5 Å². The van der Waals surface area contributed by atoms with Gasteiger partial charge in [0.15, 0.2) is 22.5 Å². The van der Waals surface area contributed by atoms with Crippen molar-refractivity contribution in [1.82, 2.24) is 20.2 Å². The van der Waals surface area contributed by atoms with Crippen LogP contribution in [0.25, 0.3) is 17.1 Å². The quantitative estimate of drug-likeness (QED) is 0.272. The zero-order chi connectivity index (χ0) is 20.1. The van der Waals surface area contributed by atoms with Gasteiger partial charge >= 0.3 is 0 Å². The van der Waals surface area contributed by atoms with Crippen LogP contribution in [0.4, 0.5) is 0 Å². The van der Waals surface area contributed by atoms with Gasteiger partial charge in [0.05, 0.1) is 20.0 Å². The lowest BCUT2D eigenvalue weighted by atomic mass is 10.1. The van der Waals surface area contributed by atoms with Crippen LogP contribution in [0.1, 0.15) is 5.56 Å². The average Bonchev–Trinajstić information content (AvgIpc) is 3.15. The number of amides is 1. The lowest BCUT2D eigenvalue weighted by molar-refractivity contribution is -0.118. The number of hydrazine groups is 1. The normalized spacial score (nSPS) is 10.6. The largest absolute Gasteiger partial charge is 0.493 e. The number of nitrogens with two attached hydrogens (primary N) is 1. The number of carbonyl (C=O) groups excluding carboxylic acids is 1. The van der Waals surface area contributed by atoms with Crippen LogP contribution in [-0.4, -0.2) is 40.6 Å². The van der Waals surface area contributed by atoms with E-state index in [-0.39, 0.29) is 11.7 Å².